The molecule has 0 bridgehead atoms. The molecule has 1 aromatic heterocycles. The van der Waals surface area contributed by atoms with Crippen LogP contribution in [0.4, 0.5) is 17.6 Å². The van der Waals surface area contributed by atoms with Crippen molar-refractivity contribution in [3.05, 3.63) is 59.3 Å². The highest BCUT2D eigenvalue weighted by atomic mass is 127. The largest absolute Gasteiger partial charge is 0.469 e. The molecule has 2 aromatic rings. The molecule has 0 fully saturated rings. The molecule has 4 nitrogen and oxygen atoms in total. The van der Waals surface area contributed by atoms with Gasteiger partial charge < -0.3 is 15.1 Å². The van der Waals surface area contributed by atoms with Crippen molar-refractivity contribution in [1.82, 2.24) is 10.6 Å². The van der Waals surface area contributed by atoms with Gasteiger partial charge in [0, 0.05) is 26.6 Å². The molecule has 1 aromatic carbocycles. The first-order valence-electron chi connectivity index (χ1n) is 7.22. The average molecular weight is 471 g/mol. The normalized spacial score (nSPS) is 11.8. The highest BCUT2D eigenvalue weighted by Crippen LogP contribution is 2.32. The minimum absolute atomic E-state index is 0. The first-order valence-corrected chi connectivity index (χ1v) is 7.22. The second-order valence-corrected chi connectivity index (χ2v) is 4.98. The molecule has 1 heterocycles. The molecular weight excluding hydrogens is 453 g/mol. The van der Waals surface area contributed by atoms with E-state index in [0.29, 0.717) is 25.0 Å². The molecule has 0 amide bonds. The van der Waals surface area contributed by atoms with Crippen LogP contribution in [0.3, 0.4) is 0 Å². The second-order valence-electron chi connectivity index (χ2n) is 4.98. The fourth-order valence-corrected chi connectivity index (χ4v) is 2.13. The van der Waals surface area contributed by atoms with E-state index >= 15 is 0 Å². The van der Waals surface area contributed by atoms with Gasteiger partial charge in [0.1, 0.15) is 11.6 Å². The molecule has 25 heavy (non-hydrogen) atoms. The molecule has 0 atom stereocenters. The maximum absolute atomic E-state index is 13.1. The number of rotatable bonds is 5. The number of benzene rings is 1. The lowest BCUT2D eigenvalue weighted by atomic mass is 10.1. The van der Waals surface area contributed by atoms with Crippen LogP contribution in [-0.2, 0) is 19.1 Å². The van der Waals surface area contributed by atoms with Gasteiger partial charge in [0.15, 0.2) is 5.96 Å². The van der Waals surface area contributed by atoms with E-state index in [1.165, 1.54) is 7.05 Å². The summed E-state index contributed by atoms with van der Waals surface area (Å²) in [6.07, 6.45) is -2.44. The van der Waals surface area contributed by atoms with E-state index in [2.05, 4.69) is 15.6 Å². The number of hydrogen-bond acceptors (Lipinski definition) is 2. The maximum atomic E-state index is 13.1. The van der Waals surface area contributed by atoms with Gasteiger partial charge in [-0.2, -0.15) is 13.2 Å². The zero-order valence-electron chi connectivity index (χ0n) is 13.4. The highest BCUT2D eigenvalue weighted by molar-refractivity contribution is 14.0. The van der Waals surface area contributed by atoms with Crippen molar-refractivity contribution in [3.8, 4) is 0 Å². The van der Waals surface area contributed by atoms with Gasteiger partial charge in [0.25, 0.3) is 0 Å². The standard InChI is InChI=1S/C16H17F4N3O.HI/c1-21-15(22-7-6-13-3-2-8-24-13)23-10-11-4-5-12(17)9-14(11)16(18,19)20;/h2-5,8-9H,6-7,10H2,1H3,(H2,21,22,23);1H. The Labute approximate surface area is 159 Å². The van der Waals surface area contributed by atoms with Gasteiger partial charge in [0.05, 0.1) is 11.8 Å². The van der Waals surface area contributed by atoms with Crippen molar-refractivity contribution in [2.45, 2.75) is 19.1 Å². The SMILES string of the molecule is CN=C(NCCc1ccco1)NCc1ccc(F)cc1C(F)(F)F.I. The summed E-state index contributed by atoms with van der Waals surface area (Å²) in [5, 5.41) is 5.75. The van der Waals surface area contributed by atoms with Crippen molar-refractivity contribution in [3.63, 3.8) is 0 Å². The number of halogens is 5. The summed E-state index contributed by atoms with van der Waals surface area (Å²) in [4.78, 5) is 3.94. The van der Waals surface area contributed by atoms with Crippen LogP contribution in [0.15, 0.2) is 46.0 Å². The zero-order valence-corrected chi connectivity index (χ0v) is 15.7. The molecule has 0 spiro atoms. The fourth-order valence-electron chi connectivity index (χ4n) is 2.13. The molecule has 0 radical (unpaired) electrons. The molecule has 2 N–H and O–H groups in total. The van der Waals surface area contributed by atoms with Crippen molar-refractivity contribution in [2.24, 2.45) is 4.99 Å². The Balaban J connectivity index is 0.00000312. The van der Waals surface area contributed by atoms with Crippen LogP contribution in [-0.4, -0.2) is 19.6 Å². The van der Waals surface area contributed by atoms with Crippen molar-refractivity contribution >= 4 is 29.9 Å². The summed E-state index contributed by atoms with van der Waals surface area (Å²) in [5.74, 6) is 0.210. The highest BCUT2D eigenvalue weighted by Gasteiger charge is 2.33. The summed E-state index contributed by atoms with van der Waals surface area (Å²) in [7, 11) is 1.51. The van der Waals surface area contributed by atoms with Crippen LogP contribution >= 0.6 is 24.0 Å². The number of furan rings is 1. The molecule has 9 heteroatoms. The Kier molecular flexibility index (Phi) is 8.20. The van der Waals surface area contributed by atoms with Crippen LogP contribution in [0.25, 0.3) is 0 Å². The van der Waals surface area contributed by atoms with Crippen LogP contribution in [0.2, 0.25) is 0 Å². The maximum Gasteiger partial charge on any atom is 0.416 e. The predicted molar refractivity (Wildman–Crippen MR) is 97.4 cm³/mol. The molecule has 138 valence electrons. The van der Waals surface area contributed by atoms with Gasteiger partial charge in [-0.15, -0.1) is 24.0 Å². The molecule has 2 rings (SSSR count). The van der Waals surface area contributed by atoms with Crippen LogP contribution in [0.5, 0.6) is 0 Å². The zero-order chi connectivity index (χ0) is 17.6. The smallest absolute Gasteiger partial charge is 0.416 e. The monoisotopic (exact) mass is 471 g/mol. The van der Waals surface area contributed by atoms with Crippen molar-refractivity contribution in [1.29, 1.82) is 0 Å². The number of hydrogen-bond donors (Lipinski definition) is 2. The van der Waals surface area contributed by atoms with E-state index in [9.17, 15) is 17.6 Å². The number of nitrogens with zero attached hydrogens (tertiary/aromatic N) is 1. The lowest BCUT2D eigenvalue weighted by molar-refractivity contribution is -0.138. The first kappa shape index (κ1) is 21.3. The van der Waals surface area contributed by atoms with Crippen molar-refractivity contribution < 1.29 is 22.0 Å². The lowest BCUT2D eigenvalue weighted by Crippen LogP contribution is -2.38. The second kappa shape index (κ2) is 9.64. The fraction of sp³-hybridized carbons (Fsp3) is 0.312. The summed E-state index contributed by atoms with van der Waals surface area (Å²) < 4.78 is 57.1. The van der Waals surface area contributed by atoms with Crippen LogP contribution in [0, 0.1) is 5.82 Å². The van der Waals surface area contributed by atoms with E-state index < -0.39 is 17.6 Å². The molecule has 0 saturated heterocycles. The molecule has 0 unspecified atom stereocenters. The first-order chi connectivity index (χ1) is 11.4. The Morgan fingerprint density at radius 2 is 1.96 bits per heavy atom. The van der Waals surface area contributed by atoms with Crippen LogP contribution < -0.4 is 10.6 Å². The Morgan fingerprint density at radius 1 is 1.20 bits per heavy atom. The molecule has 0 aliphatic heterocycles. The summed E-state index contributed by atoms with van der Waals surface area (Å²) in [5.41, 5.74) is -1.06. The van der Waals surface area contributed by atoms with Crippen LogP contribution in [0.1, 0.15) is 16.9 Å². The van der Waals surface area contributed by atoms with Gasteiger partial charge in [-0.1, -0.05) is 6.07 Å². The summed E-state index contributed by atoms with van der Waals surface area (Å²) in [6, 6.07) is 6.20. The van der Waals surface area contributed by atoms with Gasteiger partial charge in [0.2, 0.25) is 0 Å². The third-order valence-electron chi connectivity index (χ3n) is 3.29. The van der Waals surface area contributed by atoms with E-state index in [1.807, 2.05) is 6.07 Å². The van der Waals surface area contributed by atoms with Gasteiger partial charge >= 0.3 is 6.18 Å². The van der Waals surface area contributed by atoms with Gasteiger partial charge in [-0.25, -0.2) is 4.39 Å². The van der Waals surface area contributed by atoms with Gasteiger partial charge in [-0.05, 0) is 29.8 Å². The van der Waals surface area contributed by atoms with E-state index in [1.54, 1.807) is 12.3 Å². The number of nitrogens with one attached hydrogen (secondary N) is 2. The minimum Gasteiger partial charge on any atom is -0.469 e. The summed E-state index contributed by atoms with van der Waals surface area (Å²) in [6.45, 7) is 0.373. The van der Waals surface area contributed by atoms with E-state index in [0.717, 1.165) is 17.9 Å². The number of aliphatic imine (C=N–C) groups is 1. The molecule has 0 aliphatic rings. The Bertz CT molecular complexity index is 687. The Morgan fingerprint density at radius 3 is 2.56 bits per heavy atom. The average Bonchev–Trinajstić information content (AvgIpc) is 3.04. The number of alkyl halides is 3. The summed E-state index contributed by atoms with van der Waals surface area (Å²) >= 11 is 0. The third-order valence-corrected chi connectivity index (χ3v) is 3.29. The van der Waals surface area contributed by atoms with E-state index in [-0.39, 0.29) is 36.1 Å². The number of guanidine groups is 1. The van der Waals surface area contributed by atoms with Gasteiger partial charge in [-0.3, -0.25) is 4.99 Å². The predicted octanol–water partition coefficient (Wildman–Crippen LogP) is 3.96. The lowest BCUT2D eigenvalue weighted by Gasteiger charge is -2.15. The third kappa shape index (κ3) is 6.56. The minimum atomic E-state index is -4.62. The topological polar surface area (TPSA) is 49.6 Å². The van der Waals surface area contributed by atoms with Crippen molar-refractivity contribution in [2.75, 3.05) is 13.6 Å². The molecule has 0 saturated carbocycles. The van der Waals surface area contributed by atoms with E-state index in [4.69, 9.17) is 4.42 Å². The Hall–Kier alpha value is -1.78. The molecular formula is C16H18F4IN3O. The molecule has 0 aliphatic carbocycles. The quantitative estimate of drug-likeness (QED) is 0.301.